The number of hydrogen-bond acceptors (Lipinski definition) is 4. The van der Waals surface area contributed by atoms with Crippen molar-refractivity contribution in [3.63, 3.8) is 0 Å². The number of methoxy groups -OCH3 is 2. The number of carbonyl (C=O) groups is 2. The SMILES string of the molecule is COc1ccc(OC)c2c1C(=O)C=C(C)C2=O. The van der Waals surface area contributed by atoms with Crippen LogP contribution in [-0.2, 0) is 0 Å². The monoisotopic (exact) mass is 232 g/mol. The van der Waals surface area contributed by atoms with Gasteiger partial charge in [0.05, 0.1) is 25.3 Å². The molecule has 1 aromatic carbocycles. The van der Waals surface area contributed by atoms with Gasteiger partial charge in [0.25, 0.3) is 0 Å². The largest absolute Gasteiger partial charge is 0.496 e. The molecule has 17 heavy (non-hydrogen) atoms. The van der Waals surface area contributed by atoms with E-state index in [0.29, 0.717) is 17.1 Å². The number of carbonyl (C=O) groups excluding carboxylic acids is 2. The van der Waals surface area contributed by atoms with Crippen LogP contribution in [0.15, 0.2) is 23.8 Å². The molecule has 0 radical (unpaired) electrons. The van der Waals surface area contributed by atoms with E-state index < -0.39 is 0 Å². The third-order valence-corrected chi connectivity index (χ3v) is 2.75. The van der Waals surface area contributed by atoms with Gasteiger partial charge in [-0.25, -0.2) is 0 Å². The fraction of sp³-hybridized carbons (Fsp3) is 0.231. The molecular weight excluding hydrogens is 220 g/mol. The zero-order valence-corrected chi connectivity index (χ0v) is 9.87. The molecule has 4 nitrogen and oxygen atoms in total. The predicted octanol–water partition coefficient (Wildman–Crippen LogP) is 2.03. The fourth-order valence-corrected chi connectivity index (χ4v) is 1.91. The number of ether oxygens (including phenoxy) is 2. The number of fused-ring (bicyclic) bond motifs is 1. The summed E-state index contributed by atoms with van der Waals surface area (Å²) in [5.74, 6) is 0.359. The average Bonchev–Trinajstić information content (AvgIpc) is 2.34. The number of ketones is 2. The molecule has 0 N–H and O–H groups in total. The van der Waals surface area contributed by atoms with E-state index in [9.17, 15) is 9.59 Å². The molecule has 4 heteroatoms. The zero-order valence-electron chi connectivity index (χ0n) is 9.87. The second-order valence-corrected chi connectivity index (χ2v) is 3.74. The Bertz CT molecular complexity index is 541. The highest BCUT2D eigenvalue weighted by molar-refractivity contribution is 6.26. The van der Waals surface area contributed by atoms with Crippen LogP contribution in [0.25, 0.3) is 0 Å². The number of allylic oxidation sites excluding steroid dienone is 2. The van der Waals surface area contributed by atoms with E-state index >= 15 is 0 Å². The maximum Gasteiger partial charge on any atom is 0.193 e. The molecule has 0 aliphatic heterocycles. The highest BCUT2D eigenvalue weighted by atomic mass is 16.5. The van der Waals surface area contributed by atoms with E-state index in [4.69, 9.17) is 9.47 Å². The lowest BCUT2D eigenvalue weighted by Crippen LogP contribution is -2.17. The highest BCUT2D eigenvalue weighted by Crippen LogP contribution is 2.35. The third-order valence-electron chi connectivity index (χ3n) is 2.75. The minimum absolute atomic E-state index is 0.199. The first-order valence-corrected chi connectivity index (χ1v) is 5.12. The number of benzene rings is 1. The topological polar surface area (TPSA) is 52.6 Å². The van der Waals surface area contributed by atoms with Crippen LogP contribution in [0.1, 0.15) is 27.6 Å². The van der Waals surface area contributed by atoms with Gasteiger partial charge in [-0.15, -0.1) is 0 Å². The standard InChI is InChI=1S/C13H12O4/c1-7-6-8(14)11-9(16-2)4-5-10(17-3)12(11)13(7)15/h4-6H,1-3H3. The summed E-state index contributed by atoms with van der Waals surface area (Å²) in [5.41, 5.74) is 0.980. The first-order chi connectivity index (χ1) is 8.10. The van der Waals surface area contributed by atoms with Crippen LogP contribution in [0.3, 0.4) is 0 Å². The summed E-state index contributed by atoms with van der Waals surface area (Å²) >= 11 is 0. The minimum Gasteiger partial charge on any atom is -0.496 e. The Morgan fingerprint density at radius 2 is 1.47 bits per heavy atom. The molecule has 0 saturated carbocycles. The molecule has 0 amide bonds. The first-order valence-electron chi connectivity index (χ1n) is 5.12. The van der Waals surface area contributed by atoms with Gasteiger partial charge < -0.3 is 9.47 Å². The van der Waals surface area contributed by atoms with Crippen molar-refractivity contribution in [1.29, 1.82) is 0 Å². The minimum atomic E-state index is -0.229. The van der Waals surface area contributed by atoms with Crippen molar-refractivity contribution in [2.24, 2.45) is 0 Å². The van der Waals surface area contributed by atoms with Crippen molar-refractivity contribution >= 4 is 11.6 Å². The van der Waals surface area contributed by atoms with Crippen molar-refractivity contribution < 1.29 is 19.1 Å². The highest BCUT2D eigenvalue weighted by Gasteiger charge is 2.29. The van der Waals surface area contributed by atoms with Gasteiger partial charge >= 0.3 is 0 Å². The summed E-state index contributed by atoms with van der Waals surface area (Å²) in [6.45, 7) is 1.61. The number of Topliss-reactive ketones (excluding diaryl/α,β-unsaturated/α-hetero) is 1. The fourth-order valence-electron chi connectivity index (χ4n) is 1.91. The summed E-state index contributed by atoms with van der Waals surface area (Å²) in [4.78, 5) is 24.0. The molecule has 1 aliphatic carbocycles. The number of rotatable bonds is 2. The molecular formula is C13H12O4. The second-order valence-electron chi connectivity index (χ2n) is 3.74. The molecule has 1 aliphatic rings. The van der Waals surface area contributed by atoms with E-state index in [0.717, 1.165) is 0 Å². The van der Waals surface area contributed by atoms with Crippen molar-refractivity contribution in [2.75, 3.05) is 14.2 Å². The third kappa shape index (κ3) is 1.62. The summed E-state index contributed by atoms with van der Waals surface area (Å²) in [6.07, 6.45) is 1.33. The maximum atomic E-state index is 12.1. The Morgan fingerprint density at radius 1 is 0.941 bits per heavy atom. The molecule has 0 atom stereocenters. The van der Waals surface area contributed by atoms with Gasteiger partial charge in [0.2, 0.25) is 0 Å². The maximum absolute atomic E-state index is 12.1. The van der Waals surface area contributed by atoms with Crippen molar-refractivity contribution in [3.8, 4) is 11.5 Å². The molecule has 0 unspecified atom stereocenters. The first kappa shape index (κ1) is 11.4. The van der Waals surface area contributed by atoms with Crippen LogP contribution in [0, 0.1) is 0 Å². The predicted molar refractivity (Wildman–Crippen MR) is 62.0 cm³/mol. The number of hydrogen-bond donors (Lipinski definition) is 0. The normalized spacial score (nSPS) is 14.2. The van der Waals surface area contributed by atoms with E-state index in [-0.39, 0.29) is 22.7 Å². The molecule has 0 saturated heterocycles. The van der Waals surface area contributed by atoms with Crippen molar-refractivity contribution in [3.05, 3.63) is 34.9 Å². The van der Waals surface area contributed by atoms with Crippen LogP contribution < -0.4 is 9.47 Å². The van der Waals surface area contributed by atoms with Gasteiger partial charge in [0.15, 0.2) is 11.6 Å². The van der Waals surface area contributed by atoms with E-state index in [1.54, 1.807) is 19.1 Å². The Labute approximate surface area is 98.8 Å². The van der Waals surface area contributed by atoms with Crippen molar-refractivity contribution in [1.82, 2.24) is 0 Å². The van der Waals surface area contributed by atoms with Gasteiger partial charge in [0.1, 0.15) is 11.5 Å². The Kier molecular flexibility index (Phi) is 2.71. The van der Waals surface area contributed by atoms with E-state index in [1.807, 2.05) is 0 Å². The smallest absolute Gasteiger partial charge is 0.193 e. The van der Waals surface area contributed by atoms with Crippen LogP contribution in [0.5, 0.6) is 11.5 Å². The van der Waals surface area contributed by atoms with E-state index in [1.165, 1.54) is 20.3 Å². The molecule has 2 rings (SSSR count). The lowest BCUT2D eigenvalue weighted by atomic mass is 9.89. The summed E-state index contributed by atoms with van der Waals surface area (Å²) in [7, 11) is 2.93. The molecule has 0 heterocycles. The van der Waals surface area contributed by atoms with Crippen LogP contribution in [-0.4, -0.2) is 25.8 Å². The summed E-state index contributed by atoms with van der Waals surface area (Å²) in [5, 5.41) is 0. The molecule has 1 aromatic rings. The average molecular weight is 232 g/mol. The molecule has 0 spiro atoms. The lowest BCUT2D eigenvalue weighted by Gasteiger charge is -2.18. The molecule has 0 aromatic heterocycles. The molecule has 88 valence electrons. The van der Waals surface area contributed by atoms with Gasteiger partial charge in [-0.2, -0.15) is 0 Å². The van der Waals surface area contributed by atoms with Crippen LogP contribution in [0.4, 0.5) is 0 Å². The van der Waals surface area contributed by atoms with Gasteiger partial charge in [-0.3, -0.25) is 9.59 Å². The quantitative estimate of drug-likeness (QED) is 0.782. The van der Waals surface area contributed by atoms with Crippen molar-refractivity contribution in [2.45, 2.75) is 6.92 Å². The summed E-state index contributed by atoms with van der Waals surface area (Å²) < 4.78 is 10.2. The van der Waals surface area contributed by atoms with Crippen LogP contribution in [0.2, 0.25) is 0 Å². The second kappa shape index (κ2) is 4.05. The lowest BCUT2D eigenvalue weighted by molar-refractivity contribution is 0.0979. The zero-order chi connectivity index (χ0) is 12.6. The van der Waals surface area contributed by atoms with Gasteiger partial charge in [-0.1, -0.05) is 0 Å². The molecule has 0 bridgehead atoms. The Balaban J connectivity index is 2.78. The summed E-state index contributed by atoms with van der Waals surface area (Å²) in [6, 6.07) is 3.25. The van der Waals surface area contributed by atoms with Crippen LogP contribution >= 0.6 is 0 Å². The Morgan fingerprint density at radius 3 is 2.00 bits per heavy atom. The van der Waals surface area contributed by atoms with E-state index in [2.05, 4.69) is 0 Å². The molecule has 0 fully saturated rings. The Hall–Kier alpha value is -2.10. The van der Waals surface area contributed by atoms with Gasteiger partial charge in [-0.05, 0) is 25.1 Å². The van der Waals surface area contributed by atoms with Gasteiger partial charge in [0, 0.05) is 5.57 Å².